The number of fused-ring (bicyclic) bond motifs is 1. The summed E-state index contributed by atoms with van der Waals surface area (Å²) in [6.45, 7) is 2.26. The van der Waals surface area contributed by atoms with Crippen LogP contribution in [0.25, 0.3) is 10.9 Å². The standard InChI is InChI=1S/C15H19N3O3/c1-3-21-13(19)8-10-18(15(16)20)12-6-4-5-11-7-9-17(2)14(11)12/h4-7,9H,3,8,10H2,1-2H3,(H2,16,20). The highest BCUT2D eigenvalue weighted by Gasteiger charge is 2.18. The number of carbonyl (C=O) groups is 2. The molecule has 0 saturated heterocycles. The molecule has 2 amide bonds. The SMILES string of the molecule is CCOC(=O)CCN(C(N)=O)c1cccc2ccn(C)c12. The van der Waals surface area contributed by atoms with Crippen LogP contribution in [0, 0.1) is 0 Å². The molecule has 0 fully saturated rings. The average molecular weight is 289 g/mol. The van der Waals surface area contributed by atoms with E-state index in [4.69, 9.17) is 10.5 Å². The lowest BCUT2D eigenvalue weighted by atomic mass is 10.2. The van der Waals surface area contributed by atoms with Gasteiger partial charge in [-0.2, -0.15) is 0 Å². The van der Waals surface area contributed by atoms with E-state index >= 15 is 0 Å². The molecule has 1 heterocycles. The Morgan fingerprint density at radius 1 is 1.33 bits per heavy atom. The van der Waals surface area contributed by atoms with Gasteiger partial charge in [0.15, 0.2) is 0 Å². The number of anilines is 1. The normalized spacial score (nSPS) is 10.6. The first-order valence-electron chi connectivity index (χ1n) is 6.81. The summed E-state index contributed by atoms with van der Waals surface area (Å²) in [5, 5.41) is 1.01. The molecule has 0 aliphatic rings. The summed E-state index contributed by atoms with van der Waals surface area (Å²) in [6.07, 6.45) is 2.02. The fourth-order valence-electron chi connectivity index (χ4n) is 2.34. The Morgan fingerprint density at radius 3 is 2.76 bits per heavy atom. The second-order valence-corrected chi connectivity index (χ2v) is 4.69. The monoisotopic (exact) mass is 289 g/mol. The molecule has 0 spiro atoms. The first-order valence-corrected chi connectivity index (χ1v) is 6.81. The number of hydrogen-bond acceptors (Lipinski definition) is 3. The van der Waals surface area contributed by atoms with Crippen molar-refractivity contribution >= 4 is 28.6 Å². The van der Waals surface area contributed by atoms with Crippen LogP contribution in [-0.4, -0.2) is 29.7 Å². The van der Waals surface area contributed by atoms with Gasteiger partial charge in [0, 0.05) is 25.2 Å². The van der Waals surface area contributed by atoms with Crippen molar-refractivity contribution in [2.75, 3.05) is 18.1 Å². The van der Waals surface area contributed by atoms with Gasteiger partial charge in [0.2, 0.25) is 0 Å². The van der Waals surface area contributed by atoms with Crippen molar-refractivity contribution in [3.63, 3.8) is 0 Å². The van der Waals surface area contributed by atoms with Crippen LogP contribution in [0.15, 0.2) is 30.5 Å². The van der Waals surface area contributed by atoms with Crippen molar-refractivity contribution in [1.29, 1.82) is 0 Å². The maximum absolute atomic E-state index is 11.7. The number of nitrogens with zero attached hydrogens (tertiary/aromatic N) is 2. The predicted molar refractivity (Wildman–Crippen MR) is 81.1 cm³/mol. The fraction of sp³-hybridized carbons (Fsp3) is 0.333. The average Bonchev–Trinajstić information content (AvgIpc) is 2.81. The first kappa shape index (κ1) is 14.9. The minimum atomic E-state index is -0.590. The number of nitrogens with two attached hydrogens (primary N) is 1. The minimum Gasteiger partial charge on any atom is -0.466 e. The third kappa shape index (κ3) is 3.16. The number of aryl methyl sites for hydroxylation is 1. The summed E-state index contributed by atoms with van der Waals surface area (Å²) in [7, 11) is 1.90. The predicted octanol–water partition coefficient (Wildman–Crippen LogP) is 2.02. The van der Waals surface area contributed by atoms with Crippen LogP contribution in [0.3, 0.4) is 0 Å². The number of carbonyl (C=O) groups excluding carboxylic acids is 2. The van der Waals surface area contributed by atoms with Crippen molar-refractivity contribution < 1.29 is 14.3 Å². The van der Waals surface area contributed by atoms with Gasteiger partial charge >= 0.3 is 12.0 Å². The Bertz CT molecular complexity index is 663. The molecule has 0 radical (unpaired) electrons. The van der Waals surface area contributed by atoms with E-state index in [1.807, 2.05) is 42.1 Å². The Morgan fingerprint density at radius 2 is 2.10 bits per heavy atom. The van der Waals surface area contributed by atoms with Crippen LogP contribution in [0.1, 0.15) is 13.3 Å². The number of benzene rings is 1. The summed E-state index contributed by atoms with van der Waals surface area (Å²) in [4.78, 5) is 24.6. The number of hydrogen-bond donors (Lipinski definition) is 1. The van der Waals surface area contributed by atoms with Crippen molar-refractivity contribution in [2.45, 2.75) is 13.3 Å². The van der Waals surface area contributed by atoms with E-state index in [9.17, 15) is 9.59 Å². The van der Waals surface area contributed by atoms with E-state index in [0.29, 0.717) is 12.3 Å². The second-order valence-electron chi connectivity index (χ2n) is 4.69. The zero-order valence-electron chi connectivity index (χ0n) is 12.2. The van der Waals surface area contributed by atoms with Crippen LogP contribution in [0.2, 0.25) is 0 Å². The van der Waals surface area contributed by atoms with Gasteiger partial charge < -0.3 is 15.0 Å². The molecule has 112 valence electrons. The lowest BCUT2D eigenvalue weighted by Crippen LogP contribution is -2.37. The van der Waals surface area contributed by atoms with Crippen molar-refractivity contribution in [3.8, 4) is 0 Å². The van der Waals surface area contributed by atoms with Crippen LogP contribution in [-0.2, 0) is 16.6 Å². The molecule has 0 unspecified atom stereocenters. The fourth-order valence-corrected chi connectivity index (χ4v) is 2.34. The highest BCUT2D eigenvalue weighted by atomic mass is 16.5. The maximum atomic E-state index is 11.7. The number of para-hydroxylation sites is 1. The second kappa shape index (κ2) is 6.30. The van der Waals surface area contributed by atoms with Gasteiger partial charge in [-0.05, 0) is 19.1 Å². The molecule has 2 rings (SSSR count). The Hall–Kier alpha value is -2.50. The highest BCUT2D eigenvalue weighted by molar-refractivity contribution is 6.01. The molecule has 6 nitrogen and oxygen atoms in total. The van der Waals surface area contributed by atoms with E-state index in [-0.39, 0.29) is 18.9 Å². The molecule has 0 aliphatic heterocycles. The molecule has 0 atom stereocenters. The van der Waals surface area contributed by atoms with Gasteiger partial charge in [0.1, 0.15) is 0 Å². The lowest BCUT2D eigenvalue weighted by molar-refractivity contribution is -0.142. The number of amides is 2. The first-order chi connectivity index (χ1) is 10.0. The van der Waals surface area contributed by atoms with Gasteiger partial charge in [-0.15, -0.1) is 0 Å². The molecular weight excluding hydrogens is 270 g/mol. The molecule has 2 N–H and O–H groups in total. The highest BCUT2D eigenvalue weighted by Crippen LogP contribution is 2.27. The van der Waals surface area contributed by atoms with Gasteiger partial charge in [0.05, 0.1) is 24.2 Å². The molecule has 2 aromatic rings. The van der Waals surface area contributed by atoms with Crippen LogP contribution in [0.5, 0.6) is 0 Å². The number of rotatable bonds is 5. The zero-order chi connectivity index (χ0) is 15.4. The van der Waals surface area contributed by atoms with Crippen molar-refractivity contribution in [1.82, 2.24) is 4.57 Å². The Labute approximate surface area is 123 Å². The smallest absolute Gasteiger partial charge is 0.319 e. The van der Waals surface area contributed by atoms with E-state index in [2.05, 4.69) is 0 Å². The van der Waals surface area contributed by atoms with Crippen LogP contribution < -0.4 is 10.6 Å². The molecule has 1 aromatic carbocycles. The van der Waals surface area contributed by atoms with E-state index in [0.717, 1.165) is 10.9 Å². The third-order valence-corrected chi connectivity index (χ3v) is 3.28. The third-order valence-electron chi connectivity index (χ3n) is 3.28. The molecule has 21 heavy (non-hydrogen) atoms. The molecule has 6 heteroatoms. The lowest BCUT2D eigenvalue weighted by Gasteiger charge is -2.21. The van der Waals surface area contributed by atoms with Crippen LogP contribution in [0.4, 0.5) is 10.5 Å². The summed E-state index contributed by atoms with van der Waals surface area (Å²) in [5.74, 6) is -0.345. The van der Waals surface area contributed by atoms with Gasteiger partial charge in [-0.1, -0.05) is 12.1 Å². The largest absolute Gasteiger partial charge is 0.466 e. The zero-order valence-corrected chi connectivity index (χ0v) is 12.2. The van der Waals surface area contributed by atoms with Gasteiger partial charge in [-0.3, -0.25) is 9.69 Å². The van der Waals surface area contributed by atoms with E-state index in [1.165, 1.54) is 4.90 Å². The molecular formula is C15H19N3O3. The van der Waals surface area contributed by atoms with Gasteiger partial charge in [-0.25, -0.2) is 4.79 Å². The molecule has 1 aromatic heterocycles. The van der Waals surface area contributed by atoms with E-state index in [1.54, 1.807) is 6.92 Å². The van der Waals surface area contributed by atoms with E-state index < -0.39 is 6.03 Å². The van der Waals surface area contributed by atoms with Crippen molar-refractivity contribution in [2.24, 2.45) is 12.8 Å². The molecule has 0 saturated carbocycles. The number of ether oxygens (including phenoxy) is 1. The quantitative estimate of drug-likeness (QED) is 0.855. The summed E-state index contributed by atoms with van der Waals surface area (Å²) in [6, 6.07) is 7.01. The number of esters is 1. The number of aromatic nitrogens is 1. The number of primary amides is 1. The summed E-state index contributed by atoms with van der Waals surface area (Å²) < 4.78 is 6.80. The van der Waals surface area contributed by atoms with Crippen molar-refractivity contribution in [3.05, 3.63) is 30.5 Å². The Kier molecular flexibility index (Phi) is 4.47. The summed E-state index contributed by atoms with van der Waals surface area (Å²) in [5.41, 5.74) is 7.06. The molecule has 0 bridgehead atoms. The van der Waals surface area contributed by atoms with Gasteiger partial charge in [0.25, 0.3) is 0 Å². The topological polar surface area (TPSA) is 77.6 Å². The van der Waals surface area contributed by atoms with Crippen LogP contribution >= 0.6 is 0 Å². The minimum absolute atomic E-state index is 0.109. The number of urea groups is 1. The Balaban J connectivity index is 2.30. The molecule has 0 aliphatic carbocycles. The summed E-state index contributed by atoms with van der Waals surface area (Å²) >= 11 is 0. The maximum Gasteiger partial charge on any atom is 0.319 e.